The number of carbonyl (C=O) groups is 2. The number of nitrogens with one attached hydrogen (secondary N) is 1. The number of ether oxygens (including phenoxy) is 3. The number of hydrogen-bond acceptors (Lipinski definition) is 7. The SMILES string of the molecule is COC(=O)C1=C(C(=O)NCCN2CCCC2)C2CC(O)C1(C(Cc1ccccc1)Oc1ccccc1)O2. The van der Waals surface area contributed by atoms with E-state index in [1.54, 1.807) is 0 Å². The lowest BCUT2D eigenvalue weighted by Crippen LogP contribution is -2.56. The largest absolute Gasteiger partial charge is 0.487 e. The van der Waals surface area contributed by atoms with Gasteiger partial charge in [-0.05, 0) is 43.6 Å². The van der Waals surface area contributed by atoms with E-state index >= 15 is 0 Å². The lowest BCUT2D eigenvalue weighted by atomic mass is 9.74. The van der Waals surface area contributed by atoms with Crippen LogP contribution in [0.3, 0.4) is 0 Å². The Balaban J connectivity index is 1.50. The van der Waals surface area contributed by atoms with Crippen LogP contribution in [0.15, 0.2) is 71.8 Å². The molecule has 0 aromatic heterocycles. The van der Waals surface area contributed by atoms with Gasteiger partial charge in [0.05, 0.1) is 30.5 Å². The van der Waals surface area contributed by atoms with Gasteiger partial charge in [0.15, 0.2) is 5.60 Å². The van der Waals surface area contributed by atoms with E-state index in [0.717, 1.165) is 25.2 Å². The lowest BCUT2D eigenvalue weighted by Gasteiger charge is -2.38. The fourth-order valence-corrected chi connectivity index (χ4v) is 5.80. The van der Waals surface area contributed by atoms with Crippen molar-refractivity contribution in [2.45, 2.75) is 49.6 Å². The fraction of sp³-hybridized carbons (Fsp3) is 0.448. The summed E-state index contributed by atoms with van der Waals surface area (Å²) in [5.74, 6) is -0.484. The summed E-state index contributed by atoms with van der Waals surface area (Å²) in [7, 11) is 1.27. The second-order valence-electron chi connectivity index (χ2n) is 9.85. The van der Waals surface area contributed by atoms with Gasteiger partial charge in [0, 0.05) is 25.9 Å². The number of fused-ring (bicyclic) bond motifs is 2. The van der Waals surface area contributed by atoms with Gasteiger partial charge in [-0.15, -0.1) is 0 Å². The topological polar surface area (TPSA) is 97.3 Å². The summed E-state index contributed by atoms with van der Waals surface area (Å²) in [6, 6.07) is 18.9. The molecule has 37 heavy (non-hydrogen) atoms. The molecule has 196 valence electrons. The van der Waals surface area contributed by atoms with Gasteiger partial charge in [-0.2, -0.15) is 0 Å². The standard InChI is InChI=1S/C29H34N2O6/c1-35-28(34)26-25(27(33)30-14-17-31-15-8-9-16-31)22-19-23(32)29(26,37-22)24(18-20-10-4-2-5-11-20)36-21-12-6-3-7-13-21/h2-7,10-13,22-24,32H,8-9,14-19H2,1H3,(H,30,33). The second-order valence-corrected chi connectivity index (χ2v) is 9.85. The first-order valence-corrected chi connectivity index (χ1v) is 13.0. The Labute approximate surface area is 217 Å². The number of carbonyl (C=O) groups excluding carboxylic acids is 2. The second kappa shape index (κ2) is 11.0. The summed E-state index contributed by atoms with van der Waals surface area (Å²) in [6.45, 7) is 3.28. The molecule has 3 aliphatic heterocycles. The normalized spacial score (nSPS) is 25.8. The molecule has 0 saturated carbocycles. The van der Waals surface area contributed by atoms with Crippen LogP contribution in [0.4, 0.5) is 0 Å². The van der Waals surface area contributed by atoms with Gasteiger partial charge < -0.3 is 29.5 Å². The van der Waals surface area contributed by atoms with Gasteiger partial charge in [-0.25, -0.2) is 4.79 Å². The molecule has 3 aliphatic rings. The van der Waals surface area contributed by atoms with Gasteiger partial charge in [0.2, 0.25) is 0 Å². The maximum absolute atomic E-state index is 13.4. The van der Waals surface area contributed by atoms with Crippen LogP contribution >= 0.6 is 0 Å². The molecule has 2 aromatic carbocycles. The number of aliphatic hydroxyl groups excluding tert-OH is 1. The van der Waals surface area contributed by atoms with E-state index in [-0.39, 0.29) is 23.5 Å². The van der Waals surface area contributed by atoms with E-state index in [1.165, 1.54) is 20.0 Å². The molecule has 0 aliphatic carbocycles. The van der Waals surface area contributed by atoms with Crippen molar-refractivity contribution in [1.82, 2.24) is 10.2 Å². The number of hydrogen-bond donors (Lipinski definition) is 2. The number of benzene rings is 2. The zero-order chi connectivity index (χ0) is 25.8. The summed E-state index contributed by atoms with van der Waals surface area (Å²) in [5.41, 5.74) is -0.321. The third-order valence-electron chi connectivity index (χ3n) is 7.56. The summed E-state index contributed by atoms with van der Waals surface area (Å²) >= 11 is 0. The van der Waals surface area contributed by atoms with E-state index in [2.05, 4.69) is 10.2 Å². The molecule has 5 rings (SSSR count). The Morgan fingerprint density at radius 3 is 2.46 bits per heavy atom. The molecule has 1 amide bonds. The summed E-state index contributed by atoms with van der Waals surface area (Å²) in [6.07, 6.45) is 0.320. The maximum atomic E-state index is 13.4. The van der Waals surface area contributed by atoms with E-state index in [9.17, 15) is 14.7 Å². The first-order chi connectivity index (χ1) is 18.0. The number of nitrogens with zero attached hydrogens (tertiary/aromatic N) is 1. The predicted molar refractivity (Wildman–Crippen MR) is 137 cm³/mol. The molecule has 0 spiro atoms. The summed E-state index contributed by atoms with van der Waals surface area (Å²) in [5, 5.41) is 14.3. The molecule has 2 saturated heterocycles. The highest BCUT2D eigenvalue weighted by molar-refractivity contribution is 6.06. The third-order valence-corrected chi connectivity index (χ3v) is 7.56. The van der Waals surface area contributed by atoms with Gasteiger partial charge in [-0.3, -0.25) is 4.79 Å². The average Bonchev–Trinajstić information content (AvgIpc) is 3.64. The molecule has 2 N–H and O–H groups in total. The van der Waals surface area contributed by atoms with E-state index in [0.29, 0.717) is 18.7 Å². The monoisotopic (exact) mass is 506 g/mol. The number of rotatable bonds is 10. The molecule has 2 aromatic rings. The van der Waals surface area contributed by atoms with Crippen LogP contribution in [0, 0.1) is 0 Å². The average molecular weight is 507 g/mol. The van der Waals surface area contributed by atoms with Gasteiger partial charge >= 0.3 is 5.97 Å². The van der Waals surface area contributed by atoms with Gasteiger partial charge in [0.1, 0.15) is 11.9 Å². The van der Waals surface area contributed by atoms with Crippen LogP contribution < -0.4 is 10.1 Å². The van der Waals surface area contributed by atoms with Crippen molar-refractivity contribution in [1.29, 1.82) is 0 Å². The molecule has 8 nitrogen and oxygen atoms in total. The first-order valence-electron chi connectivity index (χ1n) is 13.0. The number of methoxy groups -OCH3 is 1. The highest BCUT2D eigenvalue weighted by Gasteiger charge is 2.66. The molecule has 4 unspecified atom stereocenters. The molecular formula is C29H34N2O6. The minimum atomic E-state index is -1.55. The third kappa shape index (κ3) is 5.01. The minimum Gasteiger partial charge on any atom is -0.487 e. The number of esters is 1. The van der Waals surface area contributed by atoms with E-state index < -0.39 is 29.9 Å². The Kier molecular flexibility index (Phi) is 7.60. The van der Waals surface area contributed by atoms with Crippen molar-refractivity contribution in [2.75, 3.05) is 33.3 Å². The lowest BCUT2D eigenvalue weighted by molar-refractivity contribution is -0.145. The summed E-state index contributed by atoms with van der Waals surface area (Å²) in [4.78, 5) is 29.0. The van der Waals surface area contributed by atoms with Crippen molar-refractivity contribution in [3.8, 4) is 5.75 Å². The quantitative estimate of drug-likeness (QED) is 0.477. The smallest absolute Gasteiger partial charge is 0.337 e. The molecular weight excluding hydrogens is 472 g/mol. The predicted octanol–water partition coefficient (Wildman–Crippen LogP) is 2.26. The van der Waals surface area contributed by atoms with Crippen molar-refractivity contribution < 1.29 is 28.9 Å². The zero-order valence-corrected chi connectivity index (χ0v) is 21.1. The highest BCUT2D eigenvalue weighted by atomic mass is 16.6. The number of para-hydroxylation sites is 1. The van der Waals surface area contributed by atoms with E-state index in [1.807, 2.05) is 60.7 Å². The Hall–Kier alpha value is -3.20. The van der Waals surface area contributed by atoms with Crippen molar-refractivity contribution in [3.63, 3.8) is 0 Å². The van der Waals surface area contributed by atoms with Crippen LogP contribution in [0.5, 0.6) is 5.75 Å². The number of amides is 1. The highest BCUT2D eigenvalue weighted by Crippen LogP contribution is 2.51. The molecule has 2 bridgehead atoms. The van der Waals surface area contributed by atoms with Crippen LogP contribution in [0.1, 0.15) is 24.8 Å². The molecule has 4 atom stereocenters. The van der Waals surface area contributed by atoms with Gasteiger partial charge in [0.25, 0.3) is 5.91 Å². The fourth-order valence-electron chi connectivity index (χ4n) is 5.80. The molecule has 8 heteroatoms. The van der Waals surface area contributed by atoms with Crippen molar-refractivity contribution >= 4 is 11.9 Å². The van der Waals surface area contributed by atoms with Crippen LogP contribution in [0.2, 0.25) is 0 Å². The molecule has 3 heterocycles. The zero-order valence-electron chi connectivity index (χ0n) is 21.1. The van der Waals surface area contributed by atoms with E-state index in [4.69, 9.17) is 14.2 Å². The minimum absolute atomic E-state index is 0.0503. The number of likely N-dealkylation sites (tertiary alicyclic amines) is 1. The van der Waals surface area contributed by atoms with Crippen LogP contribution in [0.25, 0.3) is 0 Å². The first kappa shape index (κ1) is 25.4. The van der Waals surface area contributed by atoms with Crippen LogP contribution in [-0.2, 0) is 25.5 Å². The maximum Gasteiger partial charge on any atom is 0.337 e. The van der Waals surface area contributed by atoms with Crippen molar-refractivity contribution in [3.05, 3.63) is 77.4 Å². The van der Waals surface area contributed by atoms with Crippen molar-refractivity contribution in [2.24, 2.45) is 0 Å². The van der Waals surface area contributed by atoms with Crippen LogP contribution in [-0.4, -0.2) is 79.1 Å². The Morgan fingerprint density at radius 1 is 1.11 bits per heavy atom. The molecule has 2 fully saturated rings. The summed E-state index contributed by atoms with van der Waals surface area (Å²) < 4.78 is 18.0. The Morgan fingerprint density at radius 2 is 1.78 bits per heavy atom. The van der Waals surface area contributed by atoms with Gasteiger partial charge in [-0.1, -0.05) is 48.5 Å². The number of aliphatic hydroxyl groups is 1. The Bertz CT molecular complexity index is 1090. The molecule has 0 radical (unpaired) electrons.